The van der Waals surface area contributed by atoms with Crippen molar-refractivity contribution in [1.29, 1.82) is 0 Å². The van der Waals surface area contributed by atoms with Crippen molar-refractivity contribution in [2.45, 2.75) is 25.8 Å². The Hall–Kier alpha value is -3.47. The fourth-order valence-corrected chi connectivity index (χ4v) is 4.27. The molecule has 5 N–H and O–H groups in total. The Morgan fingerprint density at radius 1 is 1.11 bits per heavy atom. The first kappa shape index (κ1) is 27.1. The van der Waals surface area contributed by atoms with Crippen molar-refractivity contribution < 1.29 is 9.18 Å². The molecule has 1 aliphatic heterocycles. The number of nitrogen functional groups attached to an aromatic ring is 1. The van der Waals surface area contributed by atoms with E-state index in [2.05, 4.69) is 25.9 Å². The zero-order valence-electron chi connectivity index (χ0n) is 19.5. The SMILES string of the molecule is Cc1cccc(NC(=O)Nc2ccc(-c3nn(C4CCNCC4)c4ncnc(N)c34)cc2F)c1.Cl.Cl. The molecule has 12 heteroatoms. The van der Waals surface area contributed by atoms with E-state index in [4.69, 9.17) is 10.8 Å². The molecule has 0 atom stereocenters. The normalized spacial score (nSPS) is 13.5. The Morgan fingerprint density at radius 2 is 1.89 bits per heavy atom. The largest absolute Gasteiger partial charge is 0.383 e. The summed E-state index contributed by atoms with van der Waals surface area (Å²) in [5.74, 6) is -0.294. The van der Waals surface area contributed by atoms with Gasteiger partial charge in [-0.25, -0.2) is 23.8 Å². The quantitative estimate of drug-likeness (QED) is 0.295. The third-order valence-corrected chi connectivity index (χ3v) is 5.94. The molecule has 5 rings (SSSR count). The molecular weight excluding hydrogens is 506 g/mol. The number of aromatic nitrogens is 4. The van der Waals surface area contributed by atoms with Gasteiger partial charge in [0.25, 0.3) is 0 Å². The average Bonchev–Trinajstić information content (AvgIpc) is 3.22. The Labute approximate surface area is 219 Å². The minimum absolute atomic E-state index is 0. The van der Waals surface area contributed by atoms with Gasteiger partial charge in [-0.15, -0.1) is 24.8 Å². The minimum atomic E-state index is -0.586. The number of hydrogen-bond donors (Lipinski definition) is 4. The second kappa shape index (κ2) is 11.5. The van der Waals surface area contributed by atoms with Gasteiger partial charge in [0.05, 0.1) is 17.1 Å². The number of hydrogen-bond acceptors (Lipinski definition) is 6. The fraction of sp³-hybridized carbons (Fsp3) is 0.250. The van der Waals surface area contributed by atoms with Crippen LogP contribution < -0.4 is 21.7 Å². The first-order valence-electron chi connectivity index (χ1n) is 11.1. The smallest absolute Gasteiger partial charge is 0.323 e. The lowest BCUT2D eigenvalue weighted by atomic mass is 10.1. The molecule has 2 aromatic heterocycles. The van der Waals surface area contributed by atoms with E-state index in [9.17, 15) is 4.79 Å². The van der Waals surface area contributed by atoms with Crippen LogP contribution in [0.4, 0.5) is 26.4 Å². The molecule has 2 amide bonds. The van der Waals surface area contributed by atoms with Gasteiger partial charge < -0.3 is 21.7 Å². The third-order valence-electron chi connectivity index (χ3n) is 5.94. The number of fused-ring (bicyclic) bond motifs is 1. The average molecular weight is 533 g/mol. The predicted octanol–water partition coefficient (Wildman–Crippen LogP) is 4.94. The van der Waals surface area contributed by atoms with Crippen molar-refractivity contribution in [1.82, 2.24) is 25.1 Å². The summed E-state index contributed by atoms with van der Waals surface area (Å²) in [5.41, 5.74) is 9.54. The van der Waals surface area contributed by atoms with Crippen molar-refractivity contribution in [2.24, 2.45) is 0 Å². The van der Waals surface area contributed by atoms with Crippen LogP contribution >= 0.6 is 24.8 Å². The number of halogens is 3. The summed E-state index contributed by atoms with van der Waals surface area (Å²) in [6.07, 6.45) is 3.24. The van der Waals surface area contributed by atoms with Gasteiger partial charge >= 0.3 is 6.03 Å². The predicted molar refractivity (Wildman–Crippen MR) is 145 cm³/mol. The van der Waals surface area contributed by atoms with Crippen LogP contribution in [0.2, 0.25) is 0 Å². The summed E-state index contributed by atoms with van der Waals surface area (Å²) in [7, 11) is 0. The number of nitrogens with two attached hydrogens (primary N) is 1. The number of anilines is 3. The summed E-state index contributed by atoms with van der Waals surface area (Å²) in [6.45, 7) is 3.71. The number of rotatable bonds is 4. The summed E-state index contributed by atoms with van der Waals surface area (Å²) in [4.78, 5) is 20.9. The van der Waals surface area contributed by atoms with E-state index in [0.29, 0.717) is 33.8 Å². The maximum absolute atomic E-state index is 15.0. The zero-order valence-corrected chi connectivity index (χ0v) is 21.1. The second-order valence-electron chi connectivity index (χ2n) is 8.38. The lowest BCUT2D eigenvalue weighted by molar-refractivity contribution is 0.262. The van der Waals surface area contributed by atoms with Crippen LogP contribution in [-0.2, 0) is 0 Å². The van der Waals surface area contributed by atoms with Gasteiger partial charge in [0, 0.05) is 11.3 Å². The Kier molecular flexibility index (Phi) is 8.67. The number of nitrogens with zero attached hydrogens (tertiary/aromatic N) is 4. The van der Waals surface area contributed by atoms with Gasteiger partial charge in [0.15, 0.2) is 5.65 Å². The van der Waals surface area contributed by atoms with E-state index < -0.39 is 11.8 Å². The highest BCUT2D eigenvalue weighted by molar-refractivity contribution is 6.01. The number of aryl methyl sites for hydroxylation is 1. The van der Waals surface area contributed by atoms with Crippen LogP contribution in [0.3, 0.4) is 0 Å². The van der Waals surface area contributed by atoms with Crippen molar-refractivity contribution in [3.8, 4) is 11.3 Å². The van der Waals surface area contributed by atoms with E-state index in [0.717, 1.165) is 31.5 Å². The fourth-order valence-electron chi connectivity index (χ4n) is 4.27. The molecule has 2 aromatic carbocycles. The van der Waals surface area contributed by atoms with Crippen LogP contribution in [0.25, 0.3) is 22.3 Å². The summed E-state index contributed by atoms with van der Waals surface area (Å²) >= 11 is 0. The molecule has 0 bridgehead atoms. The standard InChI is InChI=1S/C24H25FN8O.2ClH/c1-14-3-2-4-16(11-14)30-24(34)31-19-6-5-15(12-18(19)25)21-20-22(26)28-13-29-23(20)33(32-21)17-7-9-27-10-8-17;;/h2-6,11-13,17,27H,7-10H2,1H3,(H2,26,28,29)(H2,30,31,34);2*1H. The van der Waals surface area contributed by atoms with E-state index in [1.807, 2.05) is 29.8 Å². The first-order valence-corrected chi connectivity index (χ1v) is 11.1. The molecule has 9 nitrogen and oxygen atoms in total. The lowest BCUT2D eigenvalue weighted by Gasteiger charge is -2.23. The van der Waals surface area contributed by atoms with Gasteiger partial charge in [-0.1, -0.05) is 18.2 Å². The minimum Gasteiger partial charge on any atom is -0.383 e. The number of carbonyl (C=O) groups is 1. The zero-order chi connectivity index (χ0) is 23.7. The summed E-state index contributed by atoms with van der Waals surface area (Å²) in [5, 5.41) is 14.0. The van der Waals surface area contributed by atoms with Gasteiger partial charge in [0.1, 0.15) is 23.7 Å². The summed E-state index contributed by atoms with van der Waals surface area (Å²) in [6, 6.07) is 11.5. The third kappa shape index (κ3) is 5.51. The Morgan fingerprint density at radius 3 is 2.61 bits per heavy atom. The van der Waals surface area contributed by atoms with Gasteiger partial charge in [-0.05, 0) is 62.7 Å². The second-order valence-corrected chi connectivity index (χ2v) is 8.38. The maximum atomic E-state index is 15.0. The molecule has 0 unspecified atom stereocenters. The lowest BCUT2D eigenvalue weighted by Crippen LogP contribution is -2.30. The number of carbonyl (C=O) groups excluding carboxylic acids is 1. The van der Waals surface area contributed by atoms with E-state index in [1.165, 1.54) is 18.5 Å². The highest BCUT2D eigenvalue weighted by Gasteiger charge is 2.24. The van der Waals surface area contributed by atoms with Crippen LogP contribution in [0.1, 0.15) is 24.4 Å². The summed E-state index contributed by atoms with van der Waals surface area (Å²) < 4.78 is 16.9. The maximum Gasteiger partial charge on any atom is 0.323 e. The molecule has 36 heavy (non-hydrogen) atoms. The molecule has 1 saturated heterocycles. The monoisotopic (exact) mass is 532 g/mol. The molecule has 0 spiro atoms. The van der Waals surface area contributed by atoms with Crippen LogP contribution in [0.15, 0.2) is 48.8 Å². The molecule has 1 aliphatic rings. The molecule has 0 radical (unpaired) electrons. The van der Waals surface area contributed by atoms with E-state index in [-0.39, 0.29) is 36.5 Å². The number of urea groups is 1. The number of nitrogens with one attached hydrogen (secondary N) is 3. The molecule has 3 heterocycles. The van der Waals surface area contributed by atoms with Crippen molar-refractivity contribution in [3.05, 3.63) is 60.2 Å². The van der Waals surface area contributed by atoms with E-state index >= 15 is 4.39 Å². The van der Waals surface area contributed by atoms with Gasteiger partial charge in [-0.2, -0.15) is 5.10 Å². The van der Waals surface area contributed by atoms with Crippen molar-refractivity contribution in [2.75, 3.05) is 29.5 Å². The van der Waals surface area contributed by atoms with Crippen LogP contribution in [0.5, 0.6) is 0 Å². The van der Waals surface area contributed by atoms with Crippen LogP contribution in [0, 0.1) is 12.7 Å². The Bertz CT molecular complexity index is 1370. The molecule has 4 aromatic rings. The van der Waals surface area contributed by atoms with Gasteiger partial charge in [-0.3, -0.25) is 0 Å². The van der Waals surface area contributed by atoms with Crippen LogP contribution in [-0.4, -0.2) is 38.9 Å². The number of piperidine rings is 1. The van der Waals surface area contributed by atoms with Gasteiger partial charge in [0.2, 0.25) is 0 Å². The topological polar surface area (TPSA) is 123 Å². The van der Waals surface area contributed by atoms with Crippen molar-refractivity contribution >= 4 is 59.1 Å². The molecule has 0 saturated carbocycles. The molecule has 0 aliphatic carbocycles. The van der Waals surface area contributed by atoms with Crippen molar-refractivity contribution in [3.63, 3.8) is 0 Å². The highest BCUT2D eigenvalue weighted by Crippen LogP contribution is 2.34. The number of benzene rings is 2. The van der Waals surface area contributed by atoms with E-state index in [1.54, 1.807) is 12.1 Å². The molecule has 1 fully saturated rings. The number of amides is 2. The molecular formula is C24H27Cl2FN8O. The molecule has 190 valence electrons. The highest BCUT2D eigenvalue weighted by atomic mass is 35.5. The first-order chi connectivity index (χ1) is 16.5. The Balaban J connectivity index is 0.00000180.